The van der Waals surface area contributed by atoms with Crippen molar-refractivity contribution < 1.29 is 40.3 Å². The van der Waals surface area contributed by atoms with Crippen LogP contribution in [0.2, 0.25) is 0 Å². The smallest absolute Gasteiger partial charge is 0.673 e. The van der Waals surface area contributed by atoms with Crippen molar-refractivity contribution in [1.29, 1.82) is 0 Å². The topological polar surface area (TPSA) is 37.4 Å². The zero-order chi connectivity index (χ0) is 17.2. The first-order chi connectivity index (χ1) is 10.0. The van der Waals surface area contributed by atoms with E-state index in [-0.39, 0.29) is 60.3 Å². The Kier molecular flexibility index (Phi) is 18.8. The van der Waals surface area contributed by atoms with Gasteiger partial charge in [0.15, 0.2) is 0 Å². The van der Waals surface area contributed by atoms with Gasteiger partial charge in [-0.1, -0.05) is 67.2 Å². The summed E-state index contributed by atoms with van der Waals surface area (Å²) in [5, 5.41) is 9.06. The van der Waals surface area contributed by atoms with Crippen molar-refractivity contribution in [2.45, 2.75) is 104 Å². The van der Waals surface area contributed by atoms with Crippen LogP contribution in [0, 0.1) is 48.9 Å². The molecule has 1 aliphatic carbocycles. The van der Waals surface area contributed by atoms with Crippen LogP contribution in [0.4, 0.5) is 0 Å². The van der Waals surface area contributed by atoms with E-state index < -0.39 is 0 Å². The summed E-state index contributed by atoms with van der Waals surface area (Å²) in [6.07, 6.45) is 8.66. The quantitative estimate of drug-likeness (QED) is 0.316. The van der Waals surface area contributed by atoms with Crippen LogP contribution in [-0.2, 0) is 4.74 Å². The fourth-order valence-corrected chi connectivity index (χ4v) is 2.97. The summed E-state index contributed by atoms with van der Waals surface area (Å²) in [6.45, 7) is 15.6. The van der Waals surface area contributed by atoms with E-state index in [1.165, 1.54) is 38.5 Å². The molecule has 0 bridgehead atoms. The molecule has 4 heteroatoms. The molecule has 1 aliphatic rings. The third kappa shape index (κ3) is 21.1. The van der Waals surface area contributed by atoms with Gasteiger partial charge in [0.25, 0.3) is 0 Å². The van der Waals surface area contributed by atoms with Gasteiger partial charge in [-0.15, -0.1) is 18.0 Å². The molecule has 0 saturated heterocycles. The molecule has 0 heterocycles. The van der Waals surface area contributed by atoms with E-state index in [1.807, 2.05) is 6.92 Å². The monoisotopic (exact) mass is 466 g/mol. The van der Waals surface area contributed by atoms with Crippen molar-refractivity contribution in [3.05, 3.63) is 18.1 Å². The second kappa shape index (κ2) is 15.2. The van der Waals surface area contributed by atoms with Crippen LogP contribution < -0.4 is 0 Å². The Morgan fingerprint density at radius 2 is 1.38 bits per heavy atom. The fraction of sp³-hybridized carbons (Fsp3) is 0.950. The number of hydrogen-bond acceptors (Lipinski definition) is 1. The predicted molar refractivity (Wildman–Crippen MR) is 105 cm³/mol. The minimum Gasteiger partial charge on any atom is -0.673 e. The van der Waals surface area contributed by atoms with E-state index in [1.54, 1.807) is 7.11 Å². The molecule has 1 fully saturated rings. The second-order valence-corrected chi connectivity index (χ2v) is 8.52. The summed E-state index contributed by atoms with van der Waals surface area (Å²) in [5.41, 5.74) is 0.0440. The van der Waals surface area contributed by atoms with Crippen molar-refractivity contribution in [3.63, 3.8) is 0 Å². The summed E-state index contributed by atoms with van der Waals surface area (Å²) >= 11 is 0. The van der Waals surface area contributed by atoms with Crippen molar-refractivity contribution >= 4 is 0 Å². The molecule has 0 amide bonds. The van der Waals surface area contributed by atoms with E-state index in [0.717, 1.165) is 12.5 Å². The van der Waals surface area contributed by atoms with Gasteiger partial charge in [-0.05, 0) is 18.8 Å². The normalized spacial score (nSPS) is 15.4. The number of hydrogen-bond donors (Lipinski definition) is 0. The van der Waals surface area contributed by atoms with E-state index in [0.29, 0.717) is 0 Å². The Morgan fingerprint density at radius 1 is 0.958 bits per heavy atom. The van der Waals surface area contributed by atoms with Crippen LogP contribution in [0.1, 0.15) is 87.0 Å². The van der Waals surface area contributed by atoms with Gasteiger partial charge in [0.1, 0.15) is 0 Å². The minimum atomic E-state index is 0. The molecule has 0 atom stereocenters. The molecular weight excluding hydrogens is 423 g/mol. The van der Waals surface area contributed by atoms with Gasteiger partial charge in [-0.25, -0.2) is 6.17 Å². The molecule has 142 valence electrons. The molecule has 0 radical (unpaired) electrons. The van der Waals surface area contributed by atoms with Gasteiger partial charge in [0.05, 0.1) is 0 Å². The zero-order valence-electron chi connectivity index (χ0n) is 18.0. The number of ether oxygens (including phenoxy) is 1. The summed E-state index contributed by atoms with van der Waals surface area (Å²) in [6, 6.07) is 0. The van der Waals surface area contributed by atoms with Gasteiger partial charge >= 0.3 is 35.6 Å². The maximum absolute atomic E-state index is 5.00. The predicted octanol–water partition coefficient (Wildman–Crippen LogP) is 6.73. The molecule has 0 N–H and O–H groups in total. The summed E-state index contributed by atoms with van der Waals surface area (Å²) in [4.78, 5) is 0. The Bertz CT molecular complexity index is 250. The Morgan fingerprint density at radius 3 is 1.71 bits per heavy atom. The average Bonchev–Trinajstić information content (AvgIpc) is 2.77. The van der Waals surface area contributed by atoms with Crippen molar-refractivity contribution in [3.8, 4) is 0 Å². The maximum atomic E-state index is 5.00. The van der Waals surface area contributed by atoms with Crippen LogP contribution in [-0.4, -0.2) is 31.0 Å². The van der Waals surface area contributed by atoms with E-state index >= 15 is 0 Å². The molecule has 24 heavy (non-hydrogen) atoms. The van der Waals surface area contributed by atoms with Crippen molar-refractivity contribution in [2.24, 2.45) is 5.92 Å². The molecule has 1 rings (SSSR count). The van der Waals surface area contributed by atoms with Gasteiger partial charge in [0, 0.05) is 13.7 Å². The first-order valence-electron chi connectivity index (χ1n) is 8.96. The minimum absolute atomic E-state index is 0. The number of methoxy groups -OCH3 is 1. The Balaban J connectivity index is -0.000000342. The molecule has 0 aromatic rings. The third-order valence-electron chi connectivity index (χ3n) is 3.58. The number of rotatable bonds is 6. The third-order valence-corrected chi connectivity index (χ3v) is 3.58. The Hall–Kier alpha value is 1.07. The molecule has 0 aromatic carbocycles. The zero-order valence-corrected chi connectivity index (χ0v) is 21.6. The summed E-state index contributed by atoms with van der Waals surface area (Å²) in [5.74, 6) is 1.04. The van der Waals surface area contributed by atoms with Gasteiger partial charge in [-0.3, -0.25) is 0 Å². The SMILES string of the molecule is CC([N-]C(C)(C)C)[N-]C(C)(C)C.COCCCC1CCCC1.[CH3-].[La+3]. The van der Waals surface area contributed by atoms with Crippen LogP contribution in [0.25, 0.3) is 10.6 Å². The first kappa shape index (κ1) is 29.8. The maximum Gasteiger partial charge on any atom is 3.00 e. The van der Waals surface area contributed by atoms with Gasteiger partial charge in [0.2, 0.25) is 0 Å². The summed E-state index contributed by atoms with van der Waals surface area (Å²) < 4.78 is 5.00. The van der Waals surface area contributed by atoms with Crippen molar-refractivity contribution in [1.82, 2.24) is 0 Å². The molecule has 3 nitrogen and oxygen atoms in total. The van der Waals surface area contributed by atoms with Crippen molar-refractivity contribution in [2.75, 3.05) is 13.7 Å². The molecule has 0 spiro atoms. The van der Waals surface area contributed by atoms with Gasteiger partial charge < -0.3 is 22.8 Å². The van der Waals surface area contributed by atoms with Crippen LogP contribution in [0.5, 0.6) is 0 Å². The first-order valence-corrected chi connectivity index (χ1v) is 8.96. The van der Waals surface area contributed by atoms with Crippen LogP contribution in [0.3, 0.4) is 0 Å². The Labute approximate surface area is 181 Å². The van der Waals surface area contributed by atoms with Crippen LogP contribution >= 0.6 is 0 Å². The second-order valence-electron chi connectivity index (χ2n) is 8.52. The fourth-order valence-electron chi connectivity index (χ4n) is 2.97. The van der Waals surface area contributed by atoms with Gasteiger partial charge in [-0.2, -0.15) is 0 Å². The van der Waals surface area contributed by atoms with E-state index in [4.69, 9.17) is 4.74 Å². The molecular formula is C20H43LaN2O. The standard InChI is InChI=1S/C10H22N2.C9H18O.CH3.La/c1-8(11-9(2,3)4)12-10(5,6)7;1-10-8-4-7-9-5-2-3-6-9;;/h8H,1-7H3;9H,2-8H2,1H3;1H3;/q-2;;-1;+3. The average molecular weight is 466 g/mol. The van der Waals surface area contributed by atoms with Crippen LogP contribution in [0.15, 0.2) is 0 Å². The molecule has 0 aromatic heterocycles. The summed E-state index contributed by atoms with van der Waals surface area (Å²) in [7, 11) is 1.79. The molecule has 1 saturated carbocycles. The largest absolute Gasteiger partial charge is 3.00 e. The van der Waals surface area contributed by atoms with E-state index in [9.17, 15) is 0 Å². The number of nitrogens with zero attached hydrogens (tertiary/aromatic N) is 2. The van der Waals surface area contributed by atoms with E-state index in [2.05, 4.69) is 52.2 Å². The molecule has 0 unspecified atom stereocenters. The molecule has 0 aliphatic heterocycles.